The Labute approximate surface area is 236 Å². The normalized spacial score (nSPS) is 18.9. The van der Waals surface area contributed by atoms with Gasteiger partial charge in [0.25, 0.3) is 0 Å². The fourth-order valence-corrected chi connectivity index (χ4v) is 5.78. The zero-order valence-electron chi connectivity index (χ0n) is 23.4. The van der Waals surface area contributed by atoms with Crippen molar-refractivity contribution in [2.45, 2.75) is 52.4 Å². The highest BCUT2D eigenvalue weighted by Crippen LogP contribution is 2.36. The van der Waals surface area contributed by atoms with E-state index in [9.17, 15) is 9.59 Å². The van der Waals surface area contributed by atoms with Crippen molar-refractivity contribution in [2.24, 2.45) is 11.8 Å². The van der Waals surface area contributed by atoms with Crippen molar-refractivity contribution in [1.82, 2.24) is 9.88 Å². The summed E-state index contributed by atoms with van der Waals surface area (Å²) in [6, 6.07) is 17.3. The van der Waals surface area contributed by atoms with Crippen molar-refractivity contribution in [3.8, 4) is 17.2 Å². The molecule has 2 aromatic carbocycles. The topological polar surface area (TPSA) is 81.9 Å². The molecule has 2 fully saturated rings. The van der Waals surface area contributed by atoms with Crippen LogP contribution in [0.25, 0.3) is 17.5 Å². The SMILES string of the molecule is CCOC(=O)/C(=C/c1ccc(OCCc2nc(-c3ccccc3)oc2C)cc1)CC(=O)N1C[C@H]2CCCC[C@H]2C1. The van der Waals surface area contributed by atoms with Crippen molar-refractivity contribution in [2.75, 3.05) is 26.3 Å². The Morgan fingerprint density at radius 1 is 1.02 bits per heavy atom. The largest absolute Gasteiger partial charge is 0.493 e. The van der Waals surface area contributed by atoms with Gasteiger partial charge in [-0.3, -0.25) is 4.79 Å². The highest BCUT2D eigenvalue weighted by Gasteiger charge is 2.36. The Kier molecular flexibility index (Phi) is 8.99. The number of nitrogens with zero attached hydrogens (tertiary/aromatic N) is 2. The number of hydrogen-bond donors (Lipinski definition) is 0. The molecule has 0 N–H and O–H groups in total. The molecule has 1 aliphatic heterocycles. The molecule has 2 atom stereocenters. The zero-order valence-corrected chi connectivity index (χ0v) is 23.4. The van der Waals surface area contributed by atoms with Crippen LogP contribution >= 0.6 is 0 Å². The van der Waals surface area contributed by atoms with Gasteiger partial charge >= 0.3 is 5.97 Å². The Morgan fingerprint density at radius 3 is 2.40 bits per heavy atom. The van der Waals surface area contributed by atoms with Crippen molar-refractivity contribution in [3.63, 3.8) is 0 Å². The number of fused-ring (bicyclic) bond motifs is 1. The fraction of sp³-hybridized carbons (Fsp3) is 0.424. The number of esters is 1. The highest BCUT2D eigenvalue weighted by molar-refractivity contribution is 5.99. The Morgan fingerprint density at radius 2 is 1.73 bits per heavy atom. The van der Waals surface area contributed by atoms with Gasteiger partial charge in [-0.1, -0.05) is 43.2 Å². The molecule has 0 bridgehead atoms. The van der Waals surface area contributed by atoms with Gasteiger partial charge in [0.2, 0.25) is 11.8 Å². The van der Waals surface area contributed by atoms with Gasteiger partial charge in [-0.25, -0.2) is 9.78 Å². The third kappa shape index (κ3) is 6.82. The van der Waals surface area contributed by atoms with Crippen LogP contribution in [0.15, 0.2) is 64.6 Å². The van der Waals surface area contributed by atoms with Gasteiger partial charge in [0.15, 0.2) is 0 Å². The standard InChI is InChI=1S/C33H38N2O5/c1-3-38-33(37)28(20-31(36)35-21-26-11-7-8-12-27(26)22-35)19-24-13-15-29(16-14-24)39-18-17-30-23(2)40-32(34-30)25-9-5-4-6-10-25/h4-6,9-10,13-16,19,26-27H,3,7-8,11-12,17-18,20-22H2,1-2H3/b28-19+/t26-,27+. The second-order valence-corrected chi connectivity index (χ2v) is 10.7. The number of carbonyl (C=O) groups excluding carboxylic acids is 2. The molecule has 3 aromatic rings. The average molecular weight is 543 g/mol. The number of carbonyl (C=O) groups is 2. The molecule has 7 nitrogen and oxygen atoms in total. The van der Waals surface area contributed by atoms with Gasteiger partial charge in [-0.15, -0.1) is 0 Å². The zero-order chi connectivity index (χ0) is 27.9. The number of likely N-dealkylation sites (tertiary alicyclic amines) is 1. The number of benzene rings is 2. The molecule has 210 valence electrons. The minimum Gasteiger partial charge on any atom is -0.493 e. The number of ether oxygens (including phenoxy) is 2. The lowest BCUT2D eigenvalue weighted by molar-refractivity contribution is -0.140. The van der Waals surface area contributed by atoms with E-state index in [2.05, 4.69) is 4.98 Å². The summed E-state index contributed by atoms with van der Waals surface area (Å²) < 4.78 is 17.1. The van der Waals surface area contributed by atoms with Crippen LogP contribution in [0.5, 0.6) is 5.75 Å². The lowest BCUT2D eigenvalue weighted by Gasteiger charge is -2.22. The number of amides is 1. The van der Waals surface area contributed by atoms with Crippen LogP contribution < -0.4 is 4.74 Å². The van der Waals surface area contributed by atoms with Crippen LogP contribution in [-0.2, 0) is 20.7 Å². The lowest BCUT2D eigenvalue weighted by atomic mass is 9.82. The third-order valence-electron chi connectivity index (χ3n) is 7.95. The minimum absolute atomic E-state index is 0.00669. The van der Waals surface area contributed by atoms with Crippen LogP contribution in [0, 0.1) is 18.8 Å². The Hall–Kier alpha value is -3.87. The van der Waals surface area contributed by atoms with E-state index in [0.717, 1.165) is 41.4 Å². The molecule has 5 rings (SSSR count). The quantitative estimate of drug-likeness (QED) is 0.222. The molecule has 40 heavy (non-hydrogen) atoms. The van der Waals surface area contributed by atoms with Crippen LogP contribution in [0.2, 0.25) is 0 Å². The molecule has 0 spiro atoms. The van der Waals surface area contributed by atoms with Gasteiger partial charge < -0.3 is 18.8 Å². The van der Waals surface area contributed by atoms with E-state index in [1.807, 2.05) is 66.4 Å². The highest BCUT2D eigenvalue weighted by atomic mass is 16.5. The van der Waals surface area contributed by atoms with Crippen LogP contribution in [0.1, 0.15) is 56.0 Å². The predicted molar refractivity (Wildman–Crippen MR) is 154 cm³/mol. The van der Waals surface area contributed by atoms with E-state index >= 15 is 0 Å². The summed E-state index contributed by atoms with van der Waals surface area (Å²) in [6.45, 7) is 6.04. The molecule has 1 aromatic heterocycles. The summed E-state index contributed by atoms with van der Waals surface area (Å²) in [6.07, 6.45) is 7.35. The molecule has 1 amide bonds. The van der Waals surface area contributed by atoms with Gasteiger partial charge in [-0.05, 0) is 74.4 Å². The number of oxazole rings is 1. The number of hydrogen-bond acceptors (Lipinski definition) is 6. The molecule has 7 heteroatoms. The van der Waals surface area contributed by atoms with E-state index in [1.165, 1.54) is 25.7 Å². The molecule has 2 heterocycles. The maximum Gasteiger partial charge on any atom is 0.334 e. The first-order valence-corrected chi connectivity index (χ1v) is 14.4. The minimum atomic E-state index is -0.439. The smallest absolute Gasteiger partial charge is 0.334 e. The second kappa shape index (κ2) is 13.0. The molecular formula is C33H38N2O5. The molecular weight excluding hydrogens is 504 g/mol. The van der Waals surface area contributed by atoms with E-state index < -0.39 is 5.97 Å². The predicted octanol–water partition coefficient (Wildman–Crippen LogP) is 6.26. The Bertz CT molecular complexity index is 1310. The lowest BCUT2D eigenvalue weighted by Crippen LogP contribution is -2.30. The van der Waals surface area contributed by atoms with Gasteiger partial charge in [0, 0.05) is 30.6 Å². The van der Waals surface area contributed by atoms with Gasteiger partial charge in [0.05, 0.1) is 25.3 Å². The Balaban J connectivity index is 1.18. The molecule has 1 saturated carbocycles. The monoisotopic (exact) mass is 542 g/mol. The van der Waals surface area contributed by atoms with E-state index in [4.69, 9.17) is 13.9 Å². The van der Waals surface area contributed by atoms with E-state index in [0.29, 0.717) is 36.3 Å². The molecule has 2 aliphatic rings. The van der Waals surface area contributed by atoms with E-state index in [-0.39, 0.29) is 18.9 Å². The summed E-state index contributed by atoms with van der Waals surface area (Å²) in [4.78, 5) is 32.4. The van der Waals surface area contributed by atoms with Crippen molar-refractivity contribution in [1.29, 1.82) is 0 Å². The first-order valence-electron chi connectivity index (χ1n) is 14.4. The maximum atomic E-state index is 13.1. The molecule has 1 saturated heterocycles. The third-order valence-corrected chi connectivity index (χ3v) is 7.95. The number of aromatic nitrogens is 1. The van der Waals surface area contributed by atoms with Crippen molar-refractivity contribution in [3.05, 3.63) is 77.2 Å². The second-order valence-electron chi connectivity index (χ2n) is 10.7. The van der Waals surface area contributed by atoms with Crippen LogP contribution in [0.4, 0.5) is 0 Å². The number of rotatable bonds is 10. The fourth-order valence-electron chi connectivity index (χ4n) is 5.78. The summed E-state index contributed by atoms with van der Waals surface area (Å²) in [5.41, 5.74) is 3.02. The molecule has 0 radical (unpaired) electrons. The van der Waals surface area contributed by atoms with Crippen molar-refractivity contribution < 1.29 is 23.5 Å². The number of aryl methyl sites for hydroxylation is 1. The maximum absolute atomic E-state index is 13.1. The average Bonchev–Trinajstić information content (AvgIpc) is 3.58. The van der Waals surface area contributed by atoms with Crippen LogP contribution in [-0.4, -0.2) is 48.1 Å². The van der Waals surface area contributed by atoms with Crippen LogP contribution in [0.3, 0.4) is 0 Å². The molecule has 1 aliphatic carbocycles. The van der Waals surface area contributed by atoms with Gasteiger partial charge in [0.1, 0.15) is 11.5 Å². The summed E-state index contributed by atoms with van der Waals surface area (Å²) >= 11 is 0. The first-order chi connectivity index (χ1) is 19.5. The summed E-state index contributed by atoms with van der Waals surface area (Å²) in [5.74, 6) is 2.91. The van der Waals surface area contributed by atoms with Crippen molar-refractivity contribution >= 4 is 18.0 Å². The summed E-state index contributed by atoms with van der Waals surface area (Å²) in [5, 5.41) is 0. The van der Waals surface area contributed by atoms with Gasteiger partial charge in [-0.2, -0.15) is 0 Å². The summed E-state index contributed by atoms with van der Waals surface area (Å²) in [7, 11) is 0. The first kappa shape index (κ1) is 27.7. The molecule has 0 unspecified atom stereocenters. The van der Waals surface area contributed by atoms with E-state index in [1.54, 1.807) is 13.0 Å².